The minimum absolute atomic E-state index is 0.0330. The minimum atomic E-state index is -1.12. The van der Waals surface area contributed by atoms with Crippen LogP contribution in [0.15, 0.2) is 30.3 Å². The van der Waals surface area contributed by atoms with E-state index in [2.05, 4.69) is 24.5 Å². The van der Waals surface area contributed by atoms with Crippen LogP contribution in [0.25, 0.3) is 0 Å². The first-order valence-electron chi connectivity index (χ1n) is 18.2. The third-order valence-electron chi connectivity index (χ3n) is 9.58. The highest BCUT2D eigenvalue weighted by molar-refractivity contribution is 5.89. The molecule has 7 unspecified atom stereocenters. The quantitative estimate of drug-likeness (QED) is 0.179. The molecule has 12 nitrogen and oxygen atoms in total. The van der Waals surface area contributed by atoms with E-state index in [4.69, 9.17) is 15.2 Å². The summed E-state index contributed by atoms with van der Waals surface area (Å²) in [5, 5.41) is 16.3. The van der Waals surface area contributed by atoms with Gasteiger partial charge in [0.2, 0.25) is 23.6 Å². The third kappa shape index (κ3) is 12.9. The number of benzene rings is 1. The van der Waals surface area contributed by atoms with E-state index in [0.717, 1.165) is 19.3 Å². The molecule has 4 amide bonds. The Labute approximate surface area is 301 Å². The first-order chi connectivity index (χ1) is 23.5. The van der Waals surface area contributed by atoms with Crippen molar-refractivity contribution < 1.29 is 33.8 Å². The molecule has 1 aromatic rings. The molecule has 2 rings (SSSR count). The van der Waals surface area contributed by atoms with Gasteiger partial charge in [0.25, 0.3) is 0 Å². The Bertz CT molecular complexity index is 1170. The minimum Gasteiger partial charge on any atom is -0.386 e. The Morgan fingerprint density at radius 1 is 1.04 bits per heavy atom. The topological polar surface area (TPSA) is 164 Å². The third-order valence-corrected chi connectivity index (χ3v) is 9.58. The number of amides is 4. The molecule has 1 fully saturated rings. The van der Waals surface area contributed by atoms with Gasteiger partial charge < -0.3 is 40.7 Å². The summed E-state index contributed by atoms with van der Waals surface area (Å²) in [6.07, 6.45) is 2.19. The second-order valence-corrected chi connectivity index (χ2v) is 14.1. The van der Waals surface area contributed by atoms with Crippen LogP contribution in [0.3, 0.4) is 0 Å². The molecule has 1 aliphatic heterocycles. The maximum atomic E-state index is 14.0. The van der Waals surface area contributed by atoms with Gasteiger partial charge in [-0.3, -0.25) is 19.2 Å². The van der Waals surface area contributed by atoms with Gasteiger partial charge in [-0.1, -0.05) is 84.2 Å². The van der Waals surface area contributed by atoms with Crippen molar-refractivity contribution in [3.05, 3.63) is 35.9 Å². The van der Waals surface area contributed by atoms with E-state index < -0.39 is 47.8 Å². The molecule has 286 valence electrons. The summed E-state index contributed by atoms with van der Waals surface area (Å²) in [7, 11) is 4.77. The van der Waals surface area contributed by atoms with Gasteiger partial charge in [0.15, 0.2) is 0 Å². The monoisotopic (exact) mass is 706 g/mol. The summed E-state index contributed by atoms with van der Waals surface area (Å²) in [6.45, 7) is 15.3. The van der Waals surface area contributed by atoms with Gasteiger partial charge in [-0.25, -0.2) is 0 Å². The van der Waals surface area contributed by atoms with Crippen LogP contribution in [0.4, 0.5) is 0 Å². The van der Waals surface area contributed by atoms with E-state index in [9.17, 15) is 24.3 Å². The Balaban J connectivity index is 0.00000401. The highest BCUT2D eigenvalue weighted by Gasteiger charge is 2.42. The number of hydrogen-bond donors (Lipinski definition) is 4. The zero-order valence-electron chi connectivity index (χ0n) is 32.5. The molecule has 1 aliphatic rings. The smallest absolute Gasteiger partial charge is 0.242 e. The second kappa shape index (κ2) is 22.0. The number of rotatable bonds is 18. The number of nitrogens with one attached hydrogen (secondary N) is 2. The van der Waals surface area contributed by atoms with Crippen LogP contribution in [0.1, 0.15) is 106 Å². The van der Waals surface area contributed by atoms with Crippen LogP contribution in [-0.2, 0) is 28.7 Å². The zero-order valence-corrected chi connectivity index (χ0v) is 32.5. The summed E-state index contributed by atoms with van der Waals surface area (Å²) >= 11 is 0. The summed E-state index contributed by atoms with van der Waals surface area (Å²) in [4.78, 5) is 56.3. The highest BCUT2D eigenvalue weighted by Crippen LogP contribution is 2.30. The normalized spacial score (nSPS) is 18.2. The fourth-order valence-corrected chi connectivity index (χ4v) is 6.61. The molecule has 1 heterocycles. The number of likely N-dealkylation sites (N-methyl/N-ethyl adjacent to an activating group) is 1. The molecule has 1 aromatic carbocycles. The van der Waals surface area contributed by atoms with Gasteiger partial charge in [0.05, 0.1) is 60.9 Å². The number of nitrogens with two attached hydrogens (primary N) is 1. The molecule has 0 radical (unpaired) electrons. The summed E-state index contributed by atoms with van der Waals surface area (Å²) < 4.78 is 11.8. The van der Waals surface area contributed by atoms with Crippen LogP contribution in [0.2, 0.25) is 0 Å². The molecule has 7 atom stereocenters. The molecular weight excluding hydrogens is 638 g/mol. The lowest BCUT2D eigenvalue weighted by molar-refractivity contribution is -0.146. The fraction of sp³-hybridized carbons (Fsp3) is 0.737. The zero-order chi connectivity index (χ0) is 38.2. The Morgan fingerprint density at radius 3 is 2.12 bits per heavy atom. The molecule has 0 bridgehead atoms. The van der Waals surface area contributed by atoms with Gasteiger partial charge in [-0.05, 0) is 45.1 Å². The van der Waals surface area contributed by atoms with Crippen LogP contribution >= 0.6 is 0 Å². The maximum absolute atomic E-state index is 14.0. The molecule has 0 aromatic heterocycles. The van der Waals surface area contributed by atoms with Crippen LogP contribution in [-0.4, -0.2) is 109 Å². The number of carbonyl (C=O) groups is 4. The van der Waals surface area contributed by atoms with E-state index in [-0.39, 0.29) is 42.6 Å². The van der Waals surface area contributed by atoms with Gasteiger partial charge in [0, 0.05) is 27.8 Å². The van der Waals surface area contributed by atoms with E-state index in [1.54, 1.807) is 58.8 Å². The second-order valence-electron chi connectivity index (χ2n) is 14.1. The lowest BCUT2D eigenvalue weighted by atomic mass is 9.87. The predicted octanol–water partition coefficient (Wildman–Crippen LogP) is 3.80. The van der Waals surface area contributed by atoms with Crippen molar-refractivity contribution in [2.45, 2.75) is 136 Å². The van der Waals surface area contributed by atoms with Crippen molar-refractivity contribution in [1.82, 2.24) is 20.4 Å². The molecule has 5 N–H and O–H groups in total. The largest absolute Gasteiger partial charge is 0.386 e. The van der Waals surface area contributed by atoms with Crippen molar-refractivity contribution >= 4 is 23.6 Å². The number of aliphatic hydroxyl groups excluding tert-OH is 1. The van der Waals surface area contributed by atoms with Gasteiger partial charge in [0.1, 0.15) is 0 Å². The average molecular weight is 706 g/mol. The number of hydrogen-bond acceptors (Lipinski definition) is 8. The lowest BCUT2D eigenvalue weighted by Crippen LogP contribution is -2.56. The molecule has 0 spiro atoms. The summed E-state index contributed by atoms with van der Waals surface area (Å²) in [5.74, 6) is -1.71. The first kappa shape index (κ1) is 45.0. The lowest BCUT2D eigenvalue weighted by Gasteiger charge is -2.40. The van der Waals surface area contributed by atoms with Crippen molar-refractivity contribution in [1.29, 1.82) is 0 Å². The van der Waals surface area contributed by atoms with Crippen LogP contribution in [0.5, 0.6) is 0 Å². The fourth-order valence-electron chi connectivity index (χ4n) is 6.61. The highest BCUT2D eigenvalue weighted by atomic mass is 16.5. The number of nitrogens with zero attached hydrogens (tertiary/aromatic N) is 2. The van der Waals surface area contributed by atoms with E-state index in [1.165, 1.54) is 6.42 Å². The molecule has 12 heteroatoms. The number of carbonyl (C=O) groups excluding carboxylic acids is 4. The van der Waals surface area contributed by atoms with Gasteiger partial charge in [-0.15, -0.1) is 0 Å². The molecule has 0 aliphatic carbocycles. The van der Waals surface area contributed by atoms with Crippen molar-refractivity contribution in [2.75, 3.05) is 34.4 Å². The van der Waals surface area contributed by atoms with Gasteiger partial charge >= 0.3 is 0 Å². The van der Waals surface area contributed by atoms with Crippen molar-refractivity contribution in [3.63, 3.8) is 0 Å². The Hall–Kier alpha value is -3.06. The Kier molecular flexibility index (Phi) is 19.8. The number of likely N-dealkylation sites (tertiary alicyclic amines) is 1. The van der Waals surface area contributed by atoms with Crippen LogP contribution in [0, 0.1) is 11.8 Å². The number of methoxy groups -OCH3 is 2. The van der Waals surface area contributed by atoms with Gasteiger partial charge in [-0.2, -0.15) is 0 Å². The number of aliphatic hydroxyl groups is 1. The molecule has 50 heavy (non-hydrogen) atoms. The first-order valence-corrected chi connectivity index (χ1v) is 18.2. The van der Waals surface area contributed by atoms with Crippen molar-refractivity contribution in [3.8, 4) is 0 Å². The SMILES string of the molecule is CCC.CCC(CC)C(C(CC(=O)N1CCCC1C(OC)C(C)C(=O)NC(C)C(O)c1ccccc1)OC)N(C)C(=O)CNC(=O)C(C)(C)N. The molecular formula is C38H67N5O7. The van der Waals surface area contributed by atoms with E-state index >= 15 is 0 Å². The van der Waals surface area contributed by atoms with E-state index in [0.29, 0.717) is 18.5 Å². The maximum Gasteiger partial charge on any atom is 0.242 e. The Morgan fingerprint density at radius 2 is 1.62 bits per heavy atom. The van der Waals surface area contributed by atoms with E-state index in [1.807, 2.05) is 44.2 Å². The number of ether oxygens (including phenoxy) is 2. The molecule has 1 saturated heterocycles. The standard InChI is InChI=1S/C35H59N5O7.C3H8/c1-10-24(11-2)30(39(7)29(42)21-37-34(45)35(5,6)36)27(46-8)20-28(41)40-19-15-18-26(40)32(47-9)22(3)33(44)38-23(4)31(43)25-16-13-12-14-17-25;1-3-2/h12-14,16-17,22-24,26-27,30-32,43H,10-11,15,18-21,36H2,1-9H3,(H,37,45)(H,38,44);3H2,1-2H3. The average Bonchev–Trinajstić information content (AvgIpc) is 3.58. The summed E-state index contributed by atoms with van der Waals surface area (Å²) in [6, 6.07) is 7.87. The predicted molar refractivity (Wildman–Crippen MR) is 197 cm³/mol. The summed E-state index contributed by atoms with van der Waals surface area (Å²) in [5.41, 5.74) is 5.45. The molecule has 0 saturated carbocycles. The van der Waals surface area contributed by atoms with Crippen molar-refractivity contribution in [2.24, 2.45) is 17.6 Å². The van der Waals surface area contributed by atoms with Crippen LogP contribution < -0.4 is 16.4 Å².